The molecule has 2 heterocycles. The van der Waals surface area contributed by atoms with Crippen molar-refractivity contribution in [2.45, 2.75) is 32.1 Å². The second-order valence-electron chi connectivity index (χ2n) is 6.94. The molecule has 4 heteroatoms. The fourth-order valence-corrected chi connectivity index (χ4v) is 4.22. The van der Waals surface area contributed by atoms with Crippen LogP contribution in [0.4, 0.5) is 0 Å². The smallest absolute Gasteiger partial charge is 0.134 e. The number of carbonyl (C=O) groups excluding carboxylic acids is 1. The van der Waals surface area contributed by atoms with Crippen LogP contribution in [-0.2, 0) is 4.79 Å². The van der Waals surface area contributed by atoms with Crippen LogP contribution in [0.5, 0.6) is 0 Å². The summed E-state index contributed by atoms with van der Waals surface area (Å²) in [4.78, 5) is 19.9. The molecule has 2 aliphatic rings. The molecular formula is C18H22N2OS. The van der Waals surface area contributed by atoms with Crippen LogP contribution in [0.3, 0.4) is 0 Å². The van der Waals surface area contributed by atoms with Crippen molar-refractivity contribution in [3.8, 4) is 0 Å². The van der Waals surface area contributed by atoms with Crippen molar-refractivity contribution in [3.05, 3.63) is 41.1 Å². The van der Waals surface area contributed by atoms with E-state index in [1.165, 1.54) is 4.90 Å². The van der Waals surface area contributed by atoms with E-state index in [2.05, 4.69) is 41.9 Å². The van der Waals surface area contributed by atoms with E-state index in [9.17, 15) is 4.79 Å². The molecule has 3 nitrogen and oxygen atoms in total. The van der Waals surface area contributed by atoms with Gasteiger partial charge in [0.25, 0.3) is 0 Å². The fourth-order valence-electron chi connectivity index (χ4n) is 3.23. The van der Waals surface area contributed by atoms with Crippen LogP contribution in [-0.4, -0.2) is 30.0 Å². The summed E-state index contributed by atoms with van der Waals surface area (Å²) in [7, 11) is 0. The Bertz CT molecular complexity index is 648. The second-order valence-corrected chi connectivity index (χ2v) is 8.00. The third kappa shape index (κ3) is 3.27. The minimum absolute atomic E-state index is 0.118. The van der Waals surface area contributed by atoms with Gasteiger partial charge < -0.3 is 4.90 Å². The zero-order valence-corrected chi connectivity index (χ0v) is 14.2. The Kier molecular flexibility index (Phi) is 4.13. The molecular weight excluding hydrogens is 292 g/mol. The lowest BCUT2D eigenvalue weighted by molar-refractivity contribution is -0.123. The molecule has 22 heavy (non-hydrogen) atoms. The molecule has 1 fully saturated rings. The Labute approximate surface area is 136 Å². The van der Waals surface area contributed by atoms with Crippen LogP contribution < -0.4 is 0 Å². The van der Waals surface area contributed by atoms with Gasteiger partial charge in [-0.25, -0.2) is 0 Å². The first kappa shape index (κ1) is 15.3. The summed E-state index contributed by atoms with van der Waals surface area (Å²) in [5.41, 5.74) is 1.30. The van der Waals surface area contributed by atoms with Crippen molar-refractivity contribution in [2.24, 2.45) is 16.3 Å². The number of aliphatic imine (C=N–C) groups is 1. The average molecular weight is 314 g/mol. The Hall–Kier alpha value is -1.55. The molecule has 3 rings (SSSR count). The Balaban J connectivity index is 1.86. The number of thioether (sulfide) groups is 1. The third-order valence-electron chi connectivity index (χ3n) is 4.28. The average Bonchev–Trinajstić information content (AvgIpc) is 2.67. The van der Waals surface area contributed by atoms with Crippen LogP contribution in [0.1, 0.15) is 32.8 Å². The number of carbonyl (C=O) groups is 1. The summed E-state index contributed by atoms with van der Waals surface area (Å²) < 4.78 is 0. The molecule has 0 spiro atoms. The van der Waals surface area contributed by atoms with Gasteiger partial charge in [-0.15, -0.1) is 0 Å². The Morgan fingerprint density at radius 1 is 1.36 bits per heavy atom. The molecule has 0 saturated carbocycles. The highest BCUT2D eigenvalue weighted by molar-refractivity contribution is 8.03. The van der Waals surface area contributed by atoms with Crippen LogP contribution in [0.2, 0.25) is 0 Å². The number of fused-ring (bicyclic) bond motifs is 1. The minimum Gasteiger partial charge on any atom is -0.364 e. The lowest BCUT2D eigenvalue weighted by atomic mass is 9.77. The van der Waals surface area contributed by atoms with Crippen LogP contribution in [0, 0.1) is 11.3 Å². The summed E-state index contributed by atoms with van der Waals surface area (Å²) in [6, 6.07) is 8.30. The molecule has 0 radical (unpaired) electrons. The van der Waals surface area contributed by atoms with Gasteiger partial charge in [-0.1, -0.05) is 43.8 Å². The maximum absolute atomic E-state index is 11.9. The first-order valence-electron chi connectivity index (χ1n) is 7.70. The van der Waals surface area contributed by atoms with E-state index >= 15 is 0 Å². The zero-order chi connectivity index (χ0) is 15.7. The van der Waals surface area contributed by atoms with Crippen LogP contribution in [0.15, 0.2) is 45.4 Å². The molecule has 1 aromatic carbocycles. The maximum Gasteiger partial charge on any atom is 0.134 e. The predicted octanol–water partition coefficient (Wildman–Crippen LogP) is 3.95. The lowest BCUT2D eigenvalue weighted by Gasteiger charge is -2.43. The monoisotopic (exact) mass is 314 g/mol. The molecule has 0 aromatic heterocycles. The molecule has 0 amide bonds. The van der Waals surface area contributed by atoms with E-state index in [-0.39, 0.29) is 11.3 Å². The number of Topliss-reactive ketones (excluding diaryl/α,β-unsaturated/α-hetero) is 1. The van der Waals surface area contributed by atoms with Gasteiger partial charge >= 0.3 is 0 Å². The molecule has 2 aliphatic heterocycles. The number of rotatable bonds is 2. The number of nitrogens with zero attached hydrogens (tertiary/aromatic N) is 2. The van der Waals surface area contributed by atoms with Crippen LogP contribution in [0.25, 0.3) is 0 Å². The lowest BCUT2D eigenvalue weighted by Crippen LogP contribution is -2.45. The summed E-state index contributed by atoms with van der Waals surface area (Å²) in [6.45, 7) is 7.97. The van der Waals surface area contributed by atoms with Gasteiger partial charge in [-0.2, -0.15) is 0 Å². The van der Waals surface area contributed by atoms with Crippen molar-refractivity contribution < 1.29 is 4.79 Å². The van der Waals surface area contributed by atoms with Gasteiger partial charge in [0.15, 0.2) is 0 Å². The van der Waals surface area contributed by atoms with Gasteiger partial charge in [-0.3, -0.25) is 9.79 Å². The van der Waals surface area contributed by atoms with Gasteiger partial charge in [-0.05, 0) is 24.8 Å². The van der Waals surface area contributed by atoms with Crippen molar-refractivity contribution in [3.63, 3.8) is 0 Å². The van der Waals surface area contributed by atoms with Gasteiger partial charge in [0.05, 0.1) is 11.2 Å². The van der Waals surface area contributed by atoms with Crippen molar-refractivity contribution in [2.75, 3.05) is 13.1 Å². The van der Waals surface area contributed by atoms with Crippen molar-refractivity contribution in [1.82, 2.24) is 4.90 Å². The summed E-state index contributed by atoms with van der Waals surface area (Å²) in [5, 5.41) is 1.14. The quantitative estimate of drug-likeness (QED) is 0.828. The number of hydrogen-bond acceptors (Lipinski definition) is 4. The standard InChI is InChI=1S/C18H22N2OS/c1-13(21)15-8-18(2,3)12-20(11-15)17-10-19-9-14-6-4-5-7-16(14)22-17/h4-7,9-10,15H,8,11-12H2,1-3H3. The molecule has 1 aromatic rings. The largest absolute Gasteiger partial charge is 0.364 e. The van der Waals surface area contributed by atoms with E-state index in [1.807, 2.05) is 18.5 Å². The predicted molar refractivity (Wildman–Crippen MR) is 92.1 cm³/mol. The van der Waals surface area contributed by atoms with Gasteiger partial charge in [0, 0.05) is 35.7 Å². The molecule has 1 saturated heterocycles. The molecule has 1 atom stereocenters. The molecule has 0 N–H and O–H groups in total. The third-order valence-corrected chi connectivity index (χ3v) is 5.44. The summed E-state index contributed by atoms with van der Waals surface area (Å²) >= 11 is 1.75. The fraction of sp³-hybridized carbons (Fsp3) is 0.444. The van der Waals surface area contributed by atoms with E-state index in [0.29, 0.717) is 5.78 Å². The maximum atomic E-state index is 11.9. The highest BCUT2D eigenvalue weighted by Crippen LogP contribution is 2.40. The number of hydrogen-bond donors (Lipinski definition) is 0. The first-order chi connectivity index (χ1) is 10.4. The number of likely N-dealkylation sites (tertiary alicyclic amines) is 1. The molecule has 0 aliphatic carbocycles. The molecule has 0 bridgehead atoms. The minimum atomic E-state index is 0.118. The first-order valence-corrected chi connectivity index (χ1v) is 8.52. The molecule has 1 unspecified atom stereocenters. The number of ketones is 1. The zero-order valence-electron chi connectivity index (χ0n) is 13.4. The van der Waals surface area contributed by atoms with Crippen molar-refractivity contribution in [1.29, 1.82) is 0 Å². The SMILES string of the molecule is CC(=O)C1CN(C2=CN=Cc3ccccc3S2)CC(C)(C)C1. The van der Waals surface area contributed by atoms with Gasteiger partial charge in [0.1, 0.15) is 5.78 Å². The highest BCUT2D eigenvalue weighted by Gasteiger charge is 2.35. The molecule has 116 valence electrons. The van der Waals surface area contributed by atoms with E-state index in [1.54, 1.807) is 18.7 Å². The number of piperidine rings is 1. The number of benzene rings is 1. The second kappa shape index (κ2) is 5.92. The Morgan fingerprint density at radius 3 is 2.91 bits per heavy atom. The van der Waals surface area contributed by atoms with E-state index in [4.69, 9.17) is 0 Å². The van der Waals surface area contributed by atoms with Gasteiger partial charge in [0.2, 0.25) is 0 Å². The van der Waals surface area contributed by atoms with Crippen LogP contribution >= 0.6 is 11.8 Å². The summed E-state index contributed by atoms with van der Waals surface area (Å²) in [6.07, 6.45) is 4.81. The normalized spacial score (nSPS) is 23.5. The topological polar surface area (TPSA) is 32.7 Å². The van der Waals surface area contributed by atoms with E-state index < -0.39 is 0 Å². The summed E-state index contributed by atoms with van der Waals surface area (Å²) in [5.74, 6) is 0.411. The highest BCUT2D eigenvalue weighted by atomic mass is 32.2. The Morgan fingerprint density at radius 2 is 2.14 bits per heavy atom. The van der Waals surface area contributed by atoms with E-state index in [0.717, 1.165) is 30.1 Å². The van der Waals surface area contributed by atoms with Crippen molar-refractivity contribution >= 4 is 23.8 Å².